The molecule has 108 valence electrons. The Bertz CT molecular complexity index is 582. The third-order valence-corrected chi connectivity index (χ3v) is 2.92. The monoisotopic (exact) mass is 279 g/mol. The van der Waals surface area contributed by atoms with Crippen LogP contribution in [0.4, 0.5) is 4.39 Å². The third-order valence-electron chi connectivity index (χ3n) is 2.92. The van der Waals surface area contributed by atoms with E-state index in [0.717, 1.165) is 0 Å². The van der Waals surface area contributed by atoms with Crippen LogP contribution in [0, 0.1) is 5.82 Å². The highest BCUT2D eigenvalue weighted by atomic mass is 19.1. The van der Waals surface area contributed by atoms with Gasteiger partial charge in [-0.15, -0.1) is 0 Å². The van der Waals surface area contributed by atoms with Gasteiger partial charge in [0.15, 0.2) is 5.82 Å². The first-order valence-electron chi connectivity index (χ1n) is 6.47. The molecule has 0 saturated heterocycles. The molecule has 1 aromatic carbocycles. The van der Waals surface area contributed by atoms with Crippen LogP contribution in [0.25, 0.3) is 0 Å². The largest absolute Gasteiger partial charge is 0.485 e. The fraction of sp³-hybridized carbons (Fsp3) is 0.429. The summed E-state index contributed by atoms with van der Waals surface area (Å²) in [5, 5.41) is 13.8. The molecule has 0 spiro atoms. The minimum Gasteiger partial charge on any atom is -0.485 e. The van der Waals surface area contributed by atoms with Crippen molar-refractivity contribution in [3.63, 3.8) is 0 Å². The number of halogens is 1. The summed E-state index contributed by atoms with van der Waals surface area (Å²) in [5.74, 6) is 0.721. The van der Waals surface area contributed by atoms with Gasteiger partial charge in [-0.05, 0) is 39.0 Å². The fourth-order valence-corrected chi connectivity index (χ4v) is 1.93. The predicted octanol–water partition coefficient (Wildman–Crippen LogP) is 2.63. The SMILES string of the molecule is CC(C)n1ncnc1COc1ccc(F)cc1[C@H](C)O. The maximum absolute atomic E-state index is 13.2. The van der Waals surface area contributed by atoms with E-state index in [1.54, 1.807) is 11.6 Å². The van der Waals surface area contributed by atoms with E-state index in [9.17, 15) is 9.50 Å². The Balaban J connectivity index is 2.17. The van der Waals surface area contributed by atoms with E-state index in [4.69, 9.17) is 4.74 Å². The van der Waals surface area contributed by atoms with Crippen LogP contribution in [0.5, 0.6) is 5.75 Å². The maximum Gasteiger partial charge on any atom is 0.165 e. The molecule has 0 aliphatic carbocycles. The standard InChI is InChI=1S/C14H18FN3O2/c1-9(2)18-14(16-8-17-18)7-20-13-5-4-11(15)6-12(13)10(3)19/h4-6,8-10,19H,7H2,1-3H3/t10-/m0/s1. The summed E-state index contributed by atoms with van der Waals surface area (Å²) in [5.41, 5.74) is 0.417. The number of hydrogen-bond donors (Lipinski definition) is 1. The average Bonchev–Trinajstić information content (AvgIpc) is 2.85. The van der Waals surface area contributed by atoms with Gasteiger partial charge in [-0.2, -0.15) is 5.10 Å². The van der Waals surface area contributed by atoms with Crippen molar-refractivity contribution in [2.45, 2.75) is 39.5 Å². The molecule has 0 amide bonds. The number of hydrogen-bond acceptors (Lipinski definition) is 4. The van der Waals surface area contributed by atoms with E-state index < -0.39 is 11.9 Å². The summed E-state index contributed by atoms with van der Waals surface area (Å²) in [7, 11) is 0. The molecule has 0 aliphatic heterocycles. The molecule has 0 unspecified atom stereocenters. The van der Waals surface area contributed by atoms with Gasteiger partial charge in [0.05, 0.1) is 6.10 Å². The molecule has 0 saturated carbocycles. The fourth-order valence-electron chi connectivity index (χ4n) is 1.93. The van der Waals surface area contributed by atoms with Crippen molar-refractivity contribution in [2.24, 2.45) is 0 Å². The number of aromatic nitrogens is 3. The van der Waals surface area contributed by atoms with Crippen molar-refractivity contribution in [1.29, 1.82) is 0 Å². The van der Waals surface area contributed by atoms with Gasteiger partial charge in [0, 0.05) is 11.6 Å². The predicted molar refractivity (Wildman–Crippen MR) is 71.8 cm³/mol. The summed E-state index contributed by atoms with van der Waals surface area (Å²) in [4.78, 5) is 4.13. The molecule has 5 nitrogen and oxygen atoms in total. The highest BCUT2D eigenvalue weighted by Gasteiger charge is 2.13. The lowest BCUT2D eigenvalue weighted by Gasteiger charge is -2.14. The van der Waals surface area contributed by atoms with Crippen LogP contribution < -0.4 is 4.74 Å². The zero-order valence-corrected chi connectivity index (χ0v) is 11.7. The second kappa shape index (κ2) is 6.00. The molecule has 0 bridgehead atoms. The Hall–Kier alpha value is -1.95. The zero-order chi connectivity index (χ0) is 14.7. The molecule has 0 radical (unpaired) electrons. The van der Waals surface area contributed by atoms with E-state index in [1.165, 1.54) is 24.5 Å². The Kier molecular flexibility index (Phi) is 4.34. The molecular weight excluding hydrogens is 261 g/mol. The van der Waals surface area contributed by atoms with Crippen molar-refractivity contribution in [2.75, 3.05) is 0 Å². The highest BCUT2D eigenvalue weighted by molar-refractivity contribution is 5.35. The van der Waals surface area contributed by atoms with Crippen LogP contribution in [0.1, 0.15) is 44.3 Å². The molecule has 2 aromatic rings. The first kappa shape index (κ1) is 14.5. The van der Waals surface area contributed by atoms with Gasteiger partial charge in [0.1, 0.15) is 24.5 Å². The number of aliphatic hydroxyl groups excluding tert-OH is 1. The second-order valence-corrected chi connectivity index (χ2v) is 4.86. The maximum atomic E-state index is 13.2. The summed E-state index contributed by atoms with van der Waals surface area (Å²) >= 11 is 0. The van der Waals surface area contributed by atoms with Gasteiger partial charge in [-0.3, -0.25) is 0 Å². The molecular formula is C14H18FN3O2. The van der Waals surface area contributed by atoms with Gasteiger partial charge in [-0.1, -0.05) is 0 Å². The normalized spacial score (nSPS) is 12.7. The van der Waals surface area contributed by atoms with Gasteiger partial charge in [0.25, 0.3) is 0 Å². The number of benzene rings is 1. The Morgan fingerprint density at radius 1 is 1.35 bits per heavy atom. The number of rotatable bonds is 5. The lowest BCUT2D eigenvalue weighted by molar-refractivity contribution is 0.188. The number of ether oxygens (including phenoxy) is 1. The smallest absolute Gasteiger partial charge is 0.165 e. The van der Waals surface area contributed by atoms with Crippen LogP contribution >= 0.6 is 0 Å². The Labute approximate surface area is 117 Å². The lowest BCUT2D eigenvalue weighted by atomic mass is 10.1. The molecule has 0 aliphatic rings. The van der Waals surface area contributed by atoms with Crippen LogP contribution in [-0.4, -0.2) is 19.9 Å². The van der Waals surface area contributed by atoms with Gasteiger partial charge in [0.2, 0.25) is 0 Å². The Morgan fingerprint density at radius 3 is 2.75 bits per heavy atom. The molecule has 1 aromatic heterocycles. The third kappa shape index (κ3) is 3.14. The highest BCUT2D eigenvalue weighted by Crippen LogP contribution is 2.26. The summed E-state index contributed by atoms with van der Waals surface area (Å²) < 4.78 is 20.6. The van der Waals surface area contributed by atoms with E-state index in [-0.39, 0.29) is 12.6 Å². The minimum atomic E-state index is -0.802. The van der Waals surface area contributed by atoms with Crippen molar-refractivity contribution in [1.82, 2.24) is 14.8 Å². The summed E-state index contributed by atoms with van der Waals surface area (Å²) in [6, 6.07) is 4.26. The first-order valence-corrected chi connectivity index (χ1v) is 6.47. The molecule has 1 atom stereocenters. The molecule has 20 heavy (non-hydrogen) atoms. The average molecular weight is 279 g/mol. The van der Waals surface area contributed by atoms with Crippen molar-refractivity contribution >= 4 is 0 Å². The molecule has 0 fully saturated rings. The number of nitrogens with zero attached hydrogens (tertiary/aromatic N) is 3. The van der Waals surface area contributed by atoms with Crippen molar-refractivity contribution in [3.05, 3.63) is 41.7 Å². The summed E-state index contributed by atoms with van der Waals surface area (Å²) in [6.45, 7) is 5.77. The van der Waals surface area contributed by atoms with Crippen molar-refractivity contribution in [3.8, 4) is 5.75 Å². The molecule has 6 heteroatoms. The van der Waals surface area contributed by atoms with Crippen LogP contribution in [0.3, 0.4) is 0 Å². The van der Waals surface area contributed by atoms with E-state index in [0.29, 0.717) is 17.1 Å². The van der Waals surface area contributed by atoms with E-state index >= 15 is 0 Å². The van der Waals surface area contributed by atoms with Gasteiger partial charge < -0.3 is 9.84 Å². The summed E-state index contributed by atoms with van der Waals surface area (Å²) in [6.07, 6.45) is 0.669. The minimum absolute atomic E-state index is 0.181. The van der Waals surface area contributed by atoms with Crippen molar-refractivity contribution < 1.29 is 14.2 Å². The quantitative estimate of drug-likeness (QED) is 0.914. The van der Waals surface area contributed by atoms with E-state index in [2.05, 4.69) is 10.1 Å². The second-order valence-electron chi connectivity index (χ2n) is 4.86. The zero-order valence-electron chi connectivity index (χ0n) is 11.7. The topological polar surface area (TPSA) is 60.2 Å². The lowest BCUT2D eigenvalue weighted by Crippen LogP contribution is -2.11. The van der Waals surface area contributed by atoms with Gasteiger partial charge in [-0.25, -0.2) is 14.1 Å². The van der Waals surface area contributed by atoms with Gasteiger partial charge >= 0.3 is 0 Å². The number of aliphatic hydroxyl groups is 1. The van der Waals surface area contributed by atoms with Crippen LogP contribution in [-0.2, 0) is 6.61 Å². The van der Waals surface area contributed by atoms with E-state index in [1.807, 2.05) is 13.8 Å². The molecule has 1 N–H and O–H groups in total. The van der Waals surface area contributed by atoms with Crippen LogP contribution in [0.2, 0.25) is 0 Å². The Morgan fingerprint density at radius 2 is 2.10 bits per heavy atom. The molecule has 1 heterocycles. The molecule has 2 rings (SSSR count). The van der Waals surface area contributed by atoms with Crippen LogP contribution in [0.15, 0.2) is 24.5 Å². The first-order chi connectivity index (χ1) is 9.49.